The van der Waals surface area contributed by atoms with Gasteiger partial charge in [-0.25, -0.2) is 13.8 Å². The average molecular weight is 224 g/mol. The number of rotatable bonds is 2. The molecule has 0 aliphatic heterocycles. The first-order valence-electron chi connectivity index (χ1n) is 3.31. The van der Waals surface area contributed by atoms with Crippen LogP contribution in [0, 0.1) is 10.1 Å². The number of nitrogens with zero attached hydrogens (tertiary/aromatic N) is 2. The largest absolute Gasteiger partial charge is 0.393 e. The van der Waals surface area contributed by atoms with Gasteiger partial charge in [0, 0.05) is 6.20 Å². The van der Waals surface area contributed by atoms with E-state index in [2.05, 4.69) is 4.98 Å². The molecule has 1 rings (SSSR count). The number of hydrogen-bond acceptors (Lipinski definition) is 4. The van der Waals surface area contributed by atoms with Gasteiger partial charge in [-0.2, -0.15) is 0 Å². The van der Waals surface area contributed by atoms with Crippen molar-refractivity contribution in [2.45, 2.75) is 6.43 Å². The second-order valence-electron chi connectivity index (χ2n) is 2.32. The molecule has 1 heterocycles. The Morgan fingerprint density at radius 2 is 2.21 bits per heavy atom. The Bertz CT molecular complexity index is 386. The van der Waals surface area contributed by atoms with Gasteiger partial charge in [-0.1, -0.05) is 11.6 Å². The summed E-state index contributed by atoms with van der Waals surface area (Å²) < 4.78 is 24.4. The van der Waals surface area contributed by atoms with Crippen LogP contribution in [0.25, 0.3) is 0 Å². The minimum absolute atomic E-state index is 0.503. The van der Waals surface area contributed by atoms with Gasteiger partial charge >= 0.3 is 5.69 Å². The minimum Gasteiger partial charge on any atom is -0.393 e. The highest BCUT2D eigenvalue weighted by Crippen LogP contribution is 2.35. The van der Waals surface area contributed by atoms with Gasteiger partial charge in [-0.15, -0.1) is 0 Å². The first kappa shape index (κ1) is 10.6. The van der Waals surface area contributed by atoms with Crippen molar-refractivity contribution in [1.29, 1.82) is 0 Å². The number of aromatic nitrogens is 1. The number of halogens is 3. The van der Waals surface area contributed by atoms with Gasteiger partial charge in [-0.3, -0.25) is 10.1 Å². The fourth-order valence-corrected chi connectivity index (χ4v) is 1.07. The van der Waals surface area contributed by atoms with Crippen molar-refractivity contribution in [3.63, 3.8) is 0 Å². The number of nitrogens with two attached hydrogens (primary N) is 1. The molecule has 1 aromatic rings. The summed E-state index contributed by atoms with van der Waals surface area (Å²) in [5.41, 5.74) is 3.01. The van der Waals surface area contributed by atoms with Gasteiger partial charge in [0.25, 0.3) is 6.43 Å². The van der Waals surface area contributed by atoms with Crippen LogP contribution < -0.4 is 5.73 Å². The highest BCUT2D eigenvalue weighted by atomic mass is 35.5. The van der Waals surface area contributed by atoms with E-state index >= 15 is 0 Å². The molecule has 5 nitrogen and oxygen atoms in total. The highest BCUT2D eigenvalue weighted by molar-refractivity contribution is 6.32. The van der Waals surface area contributed by atoms with E-state index in [9.17, 15) is 18.9 Å². The van der Waals surface area contributed by atoms with Crippen LogP contribution in [0.2, 0.25) is 5.15 Å². The molecule has 0 saturated heterocycles. The summed E-state index contributed by atoms with van der Waals surface area (Å²) in [7, 11) is 0. The van der Waals surface area contributed by atoms with E-state index in [4.69, 9.17) is 17.3 Å². The van der Waals surface area contributed by atoms with E-state index in [1.54, 1.807) is 0 Å². The smallest absolute Gasteiger partial charge is 0.329 e. The van der Waals surface area contributed by atoms with E-state index in [1.165, 1.54) is 0 Å². The van der Waals surface area contributed by atoms with Crippen molar-refractivity contribution in [1.82, 2.24) is 4.98 Å². The lowest BCUT2D eigenvalue weighted by molar-refractivity contribution is -0.384. The second-order valence-corrected chi connectivity index (χ2v) is 2.68. The van der Waals surface area contributed by atoms with Crippen molar-refractivity contribution >= 4 is 23.0 Å². The molecular weight excluding hydrogens is 220 g/mol. The maximum absolute atomic E-state index is 12.2. The zero-order valence-corrected chi connectivity index (χ0v) is 7.33. The summed E-state index contributed by atoms with van der Waals surface area (Å²) in [6, 6.07) is 0. The number of pyridine rings is 1. The van der Waals surface area contributed by atoms with Crippen molar-refractivity contribution in [3.8, 4) is 0 Å². The fraction of sp³-hybridized carbons (Fsp3) is 0.167. The predicted octanol–water partition coefficient (Wildman–Crippen LogP) is 2.16. The third kappa shape index (κ3) is 1.72. The maximum atomic E-state index is 12.2. The summed E-state index contributed by atoms with van der Waals surface area (Å²) in [6.45, 7) is 0. The average Bonchev–Trinajstić information content (AvgIpc) is 2.02. The standard InChI is InChI=1S/C6H4ClF2N3O2/c7-5-4(12(13)14)3(10)2(1-11-5)6(8)9/h1,6H,(H2,10,11). The molecule has 1 aromatic heterocycles. The van der Waals surface area contributed by atoms with E-state index < -0.39 is 33.4 Å². The van der Waals surface area contributed by atoms with Crippen LogP contribution in [-0.2, 0) is 0 Å². The van der Waals surface area contributed by atoms with Gasteiger partial charge in [0.2, 0.25) is 5.15 Å². The van der Waals surface area contributed by atoms with E-state index in [1.807, 2.05) is 0 Å². The molecule has 0 unspecified atom stereocenters. The lowest BCUT2D eigenvalue weighted by Gasteiger charge is -2.04. The topological polar surface area (TPSA) is 82.0 Å². The molecule has 0 spiro atoms. The summed E-state index contributed by atoms with van der Waals surface area (Å²) in [5.74, 6) is 0. The van der Waals surface area contributed by atoms with Crippen LogP contribution in [0.15, 0.2) is 6.20 Å². The van der Waals surface area contributed by atoms with Gasteiger partial charge < -0.3 is 5.73 Å². The quantitative estimate of drug-likeness (QED) is 0.473. The molecular formula is C6H4ClF2N3O2. The lowest BCUT2D eigenvalue weighted by Crippen LogP contribution is -2.03. The Morgan fingerprint density at radius 3 is 2.64 bits per heavy atom. The molecule has 8 heteroatoms. The van der Waals surface area contributed by atoms with E-state index in [-0.39, 0.29) is 0 Å². The van der Waals surface area contributed by atoms with Crippen molar-refractivity contribution in [2.24, 2.45) is 0 Å². The van der Waals surface area contributed by atoms with Gasteiger partial charge in [0.1, 0.15) is 5.69 Å². The number of alkyl halides is 2. The Kier molecular flexibility index (Phi) is 2.80. The third-order valence-corrected chi connectivity index (χ3v) is 1.77. The molecule has 2 N–H and O–H groups in total. The zero-order chi connectivity index (χ0) is 10.9. The van der Waals surface area contributed by atoms with Crippen LogP contribution in [0.1, 0.15) is 12.0 Å². The Balaban J connectivity index is 3.41. The SMILES string of the molecule is Nc1c(C(F)F)cnc(Cl)c1[N+](=O)[O-]. The van der Waals surface area contributed by atoms with Crippen LogP contribution >= 0.6 is 11.6 Å². The van der Waals surface area contributed by atoms with Crippen molar-refractivity contribution < 1.29 is 13.7 Å². The summed E-state index contributed by atoms with van der Waals surface area (Å²) >= 11 is 5.32. The molecule has 0 radical (unpaired) electrons. The number of nitrogen functional groups attached to an aromatic ring is 1. The minimum atomic E-state index is -2.92. The normalized spacial score (nSPS) is 10.6. The third-order valence-electron chi connectivity index (χ3n) is 1.50. The maximum Gasteiger partial charge on any atom is 0.329 e. The molecule has 76 valence electrons. The van der Waals surface area contributed by atoms with Gasteiger partial charge in [0.05, 0.1) is 10.5 Å². The molecule has 0 aliphatic carbocycles. The van der Waals surface area contributed by atoms with E-state index in [0.29, 0.717) is 0 Å². The lowest BCUT2D eigenvalue weighted by atomic mass is 10.2. The molecule has 0 bridgehead atoms. The summed E-state index contributed by atoms with van der Waals surface area (Å²) in [5, 5.41) is 9.87. The van der Waals surface area contributed by atoms with E-state index in [0.717, 1.165) is 6.20 Å². The molecule has 0 fully saturated rings. The van der Waals surface area contributed by atoms with Crippen LogP contribution in [0.3, 0.4) is 0 Å². The molecule has 0 amide bonds. The van der Waals surface area contributed by atoms with Crippen LogP contribution in [0.5, 0.6) is 0 Å². The molecule has 0 aliphatic rings. The first-order valence-corrected chi connectivity index (χ1v) is 3.69. The second kappa shape index (κ2) is 3.70. The summed E-state index contributed by atoms with van der Waals surface area (Å²) in [6.07, 6.45) is -2.20. The van der Waals surface area contributed by atoms with Crippen LogP contribution in [-0.4, -0.2) is 9.91 Å². The summed E-state index contributed by atoms with van der Waals surface area (Å²) in [4.78, 5) is 12.7. The number of anilines is 1. The Labute approximate surface area is 81.6 Å². The molecule has 0 atom stereocenters. The fourth-order valence-electron chi connectivity index (χ4n) is 0.852. The predicted molar refractivity (Wildman–Crippen MR) is 45.3 cm³/mol. The first-order chi connectivity index (χ1) is 6.45. The highest BCUT2D eigenvalue weighted by Gasteiger charge is 2.25. The van der Waals surface area contributed by atoms with Gasteiger partial charge in [0.15, 0.2) is 0 Å². The molecule has 14 heavy (non-hydrogen) atoms. The number of hydrogen-bond donors (Lipinski definition) is 1. The Hall–Kier alpha value is -1.50. The van der Waals surface area contributed by atoms with Crippen LogP contribution in [0.4, 0.5) is 20.2 Å². The van der Waals surface area contributed by atoms with Gasteiger partial charge in [-0.05, 0) is 0 Å². The van der Waals surface area contributed by atoms with Crippen molar-refractivity contribution in [2.75, 3.05) is 5.73 Å². The molecule has 0 saturated carbocycles. The monoisotopic (exact) mass is 223 g/mol. The molecule has 0 aromatic carbocycles. The number of nitro groups is 1. The Morgan fingerprint density at radius 1 is 1.64 bits per heavy atom. The zero-order valence-electron chi connectivity index (χ0n) is 6.58. The van der Waals surface area contributed by atoms with Crippen molar-refractivity contribution in [3.05, 3.63) is 27.0 Å².